The van der Waals surface area contributed by atoms with Crippen molar-refractivity contribution >= 4 is 32.6 Å². The molecule has 0 aliphatic rings. The number of hydrogen-bond acceptors (Lipinski definition) is 6. The molecular weight excluding hydrogens is 436 g/mol. The van der Waals surface area contributed by atoms with Gasteiger partial charge in [-0.1, -0.05) is 31.1 Å². The molecule has 1 amide bonds. The van der Waals surface area contributed by atoms with E-state index in [-0.39, 0.29) is 5.91 Å². The normalized spacial score (nSPS) is 11.0. The van der Waals surface area contributed by atoms with E-state index >= 15 is 0 Å². The maximum Gasteiger partial charge on any atom is 0.260 e. The molecule has 0 unspecified atom stereocenters. The van der Waals surface area contributed by atoms with Crippen LogP contribution in [0.5, 0.6) is 11.5 Å². The highest BCUT2D eigenvalue weighted by Gasteiger charge is 2.22. The predicted octanol–water partition coefficient (Wildman–Crippen LogP) is 5.42. The molecule has 0 atom stereocenters. The monoisotopic (exact) mass is 464 g/mol. The van der Waals surface area contributed by atoms with Gasteiger partial charge in [0.15, 0.2) is 5.13 Å². The lowest BCUT2D eigenvalue weighted by atomic mass is 10.2. The van der Waals surface area contributed by atoms with Crippen LogP contribution in [0, 0.1) is 0 Å². The number of anilines is 1. The zero-order valence-electron chi connectivity index (χ0n) is 18.9. The molecule has 33 heavy (non-hydrogen) atoms. The maximum atomic E-state index is 13.5. The van der Waals surface area contributed by atoms with Crippen molar-refractivity contribution < 1.29 is 14.3 Å². The smallest absolute Gasteiger partial charge is 0.260 e. The third-order valence-electron chi connectivity index (χ3n) is 5.29. The Morgan fingerprint density at radius 2 is 1.94 bits per heavy atom. The van der Waals surface area contributed by atoms with Gasteiger partial charge >= 0.3 is 0 Å². The molecule has 0 saturated heterocycles. The summed E-state index contributed by atoms with van der Waals surface area (Å²) in [6, 6.07) is 14.9. The van der Waals surface area contributed by atoms with E-state index in [1.807, 2.05) is 59.4 Å². The highest BCUT2D eigenvalue weighted by molar-refractivity contribution is 7.22. The minimum atomic E-state index is -0.106. The van der Waals surface area contributed by atoms with Gasteiger partial charge in [-0.3, -0.25) is 14.4 Å². The Balaban J connectivity index is 1.55. The Morgan fingerprint density at radius 1 is 1.12 bits per heavy atom. The van der Waals surface area contributed by atoms with Crippen LogP contribution in [-0.2, 0) is 6.54 Å². The van der Waals surface area contributed by atoms with E-state index in [9.17, 15) is 4.79 Å². The van der Waals surface area contributed by atoms with E-state index in [2.05, 4.69) is 12.0 Å². The number of nitrogens with zero attached hydrogens (tertiary/aromatic N) is 4. The van der Waals surface area contributed by atoms with Crippen LogP contribution in [0.25, 0.3) is 10.2 Å². The van der Waals surface area contributed by atoms with Gasteiger partial charge in [0.25, 0.3) is 5.91 Å². The number of unbranched alkanes of at least 4 members (excludes halogenated alkanes) is 2. The fourth-order valence-corrected chi connectivity index (χ4v) is 4.46. The minimum absolute atomic E-state index is 0.106. The number of carbonyl (C=O) groups is 1. The molecule has 4 aromatic rings. The van der Waals surface area contributed by atoms with Gasteiger partial charge in [-0.05, 0) is 55.0 Å². The van der Waals surface area contributed by atoms with Gasteiger partial charge in [-0.2, -0.15) is 5.10 Å². The second kappa shape index (κ2) is 11.0. The molecule has 0 spiro atoms. The van der Waals surface area contributed by atoms with Gasteiger partial charge in [0, 0.05) is 24.5 Å². The van der Waals surface area contributed by atoms with E-state index in [1.54, 1.807) is 18.2 Å². The molecule has 0 bridgehead atoms. The summed E-state index contributed by atoms with van der Waals surface area (Å²) in [5.41, 5.74) is 1.43. The van der Waals surface area contributed by atoms with E-state index in [0.29, 0.717) is 30.4 Å². The number of ether oxygens (including phenoxy) is 2. The van der Waals surface area contributed by atoms with Crippen LogP contribution in [0.15, 0.2) is 60.9 Å². The quantitative estimate of drug-likeness (QED) is 0.277. The highest BCUT2D eigenvalue weighted by atomic mass is 32.1. The van der Waals surface area contributed by atoms with E-state index < -0.39 is 0 Å². The maximum absolute atomic E-state index is 13.5. The first-order chi connectivity index (χ1) is 16.2. The Hall–Kier alpha value is -3.39. The highest BCUT2D eigenvalue weighted by Crippen LogP contribution is 2.32. The van der Waals surface area contributed by atoms with Crippen molar-refractivity contribution in [2.75, 3.05) is 25.2 Å². The lowest BCUT2D eigenvalue weighted by Gasteiger charge is -2.20. The van der Waals surface area contributed by atoms with Gasteiger partial charge in [0.2, 0.25) is 0 Å². The summed E-state index contributed by atoms with van der Waals surface area (Å²) in [6.45, 7) is 3.87. The summed E-state index contributed by atoms with van der Waals surface area (Å²) in [5, 5.41) is 4.91. The second-order valence-corrected chi connectivity index (χ2v) is 8.65. The summed E-state index contributed by atoms with van der Waals surface area (Å²) in [7, 11) is 1.64. The number of benzene rings is 2. The Morgan fingerprint density at radius 3 is 2.67 bits per heavy atom. The molecule has 0 fully saturated rings. The van der Waals surface area contributed by atoms with Crippen molar-refractivity contribution in [3.05, 3.63) is 66.5 Å². The molecule has 0 saturated carbocycles. The van der Waals surface area contributed by atoms with Crippen molar-refractivity contribution in [1.29, 1.82) is 0 Å². The summed E-state index contributed by atoms with van der Waals surface area (Å²) < 4.78 is 13.9. The largest absolute Gasteiger partial charge is 0.497 e. The zero-order valence-corrected chi connectivity index (χ0v) is 19.8. The van der Waals surface area contributed by atoms with E-state index in [0.717, 1.165) is 41.0 Å². The number of aromatic nitrogens is 3. The molecule has 2 aromatic carbocycles. The molecule has 0 aliphatic heterocycles. The van der Waals surface area contributed by atoms with Crippen LogP contribution in [0.1, 0.15) is 36.5 Å². The SMILES string of the molecule is CCCCCOc1ccc(C(=O)N(CCn2cccn2)c2nc3ccc(OC)cc3s2)cc1. The molecule has 8 heteroatoms. The minimum Gasteiger partial charge on any atom is -0.497 e. The Bertz CT molecular complexity index is 1170. The Labute approximate surface area is 197 Å². The summed E-state index contributed by atoms with van der Waals surface area (Å²) in [4.78, 5) is 20.0. The second-order valence-electron chi connectivity index (χ2n) is 7.64. The summed E-state index contributed by atoms with van der Waals surface area (Å²) >= 11 is 1.47. The van der Waals surface area contributed by atoms with Crippen LogP contribution in [0.4, 0.5) is 5.13 Å². The van der Waals surface area contributed by atoms with Crippen LogP contribution >= 0.6 is 11.3 Å². The predicted molar refractivity (Wildman–Crippen MR) is 132 cm³/mol. The molecule has 0 aliphatic carbocycles. The first kappa shape index (κ1) is 22.8. The van der Waals surface area contributed by atoms with Gasteiger partial charge in [-0.15, -0.1) is 0 Å². The van der Waals surface area contributed by atoms with Crippen molar-refractivity contribution in [2.45, 2.75) is 32.7 Å². The number of hydrogen-bond donors (Lipinski definition) is 0. The van der Waals surface area contributed by atoms with Crippen LogP contribution in [-0.4, -0.2) is 40.9 Å². The van der Waals surface area contributed by atoms with E-state index in [4.69, 9.17) is 14.5 Å². The molecule has 7 nitrogen and oxygen atoms in total. The molecule has 0 N–H and O–H groups in total. The van der Waals surface area contributed by atoms with Crippen molar-refractivity contribution in [3.63, 3.8) is 0 Å². The number of amides is 1. The third-order valence-corrected chi connectivity index (χ3v) is 6.33. The average Bonchev–Trinajstić information content (AvgIpc) is 3.51. The topological polar surface area (TPSA) is 69.5 Å². The summed E-state index contributed by atoms with van der Waals surface area (Å²) in [6.07, 6.45) is 6.95. The van der Waals surface area contributed by atoms with Gasteiger partial charge in [0.1, 0.15) is 11.5 Å². The molecule has 2 aromatic heterocycles. The number of rotatable bonds is 11. The molecule has 172 valence electrons. The van der Waals surface area contributed by atoms with Crippen molar-refractivity contribution in [1.82, 2.24) is 14.8 Å². The van der Waals surface area contributed by atoms with Crippen LogP contribution in [0.3, 0.4) is 0 Å². The molecular formula is C25H28N4O3S. The van der Waals surface area contributed by atoms with Crippen molar-refractivity contribution in [3.8, 4) is 11.5 Å². The lowest BCUT2D eigenvalue weighted by molar-refractivity contribution is 0.0985. The average molecular weight is 465 g/mol. The summed E-state index contributed by atoms with van der Waals surface area (Å²) in [5.74, 6) is 1.44. The first-order valence-corrected chi connectivity index (χ1v) is 12.0. The number of fused-ring (bicyclic) bond motifs is 1. The molecule has 0 radical (unpaired) electrons. The number of methoxy groups -OCH3 is 1. The molecule has 2 heterocycles. The molecule has 4 rings (SSSR count). The van der Waals surface area contributed by atoms with Crippen molar-refractivity contribution in [2.24, 2.45) is 0 Å². The fourth-order valence-electron chi connectivity index (χ4n) is 3.45. The standard InChI is InChI=1S/C25H28N4O3S/c1-3-4-5-17-32-20-9-7-19(8-10-20)24(30)29(16-15-28-14-6-13-26-28)25-27-22-12-11-21(31-2)18-23(22)33-25/h6-14,18H,3-5,15-17H2,1-2H3. The number of thiazole rings is 1. The van der Waals surface area contributed by atoms with E-state index in [1.165, 1.54) is 11.3 Å². The first-order valence-electron chi connectivity index (χ1n) is 11.1. The third kappa shape index (κ3) is 5.70. The van der Waals surface area contributed by atoms with Crippen LogP contribution in [0.2, 0.25) is 0 Å². The fraction of sp³-hybridized carbons (Fsp3) is 0.320. The number of carbonyl (C=O) groups excluding carboxylic acids is 1. The lowest BCUT2D eigenvalue weighted by Crippen LogP contribution is -2.34. The Kier molecular flexibility index (Phi) is 7.57. The van der Waals surface area contributed by atoms with Crippen LogP contribution < -0.4 is 14.4 Å². The van der Waals surface area contributed by atoms with Gasteiger partial charge in [0.05, 0.1) is 30.5 Å². The zero-order chi connectivity index (χ0) is 23.0. The van der Waals surface area contributed by atoms with Gasteiger partial charge < -0.3 is 9.47 Å². The van der Waals surface area contributed by atoms with Gasteiger partial charge in [-0.25, -0.2) is 4.98 Å².